The van der Waals surface area contributed by atoms with Gasteiger partial charge in [0, 0.05) is 43.0 Å². The smallest absolute Gasteiger partial charge is 0.302 e. The van der Waals surface area contributed by atoms with Crippen LogP contribution in [0.1, 0.15) is 24.0 Å². The number of piperidine rings is 1. The Labute approximate surface area is 222 Å². The third kappa shape index (κ3) is 5.49. The lowest BCUT2D eigenvalue weighted by Crippen LogP contribution is -2.32. The molecule has 36 heavy (non-hydrogen) atoms. The number of alkyl halides is 3. The van der Waals surface area contributed by atoms with E-state index in [0.29, 0.717) is 35.2 Å². The summed E-state index contributed by atoms with van der Waals surface area (Å²) in [5.74, 6) is 0.448. The lowest BCUT2D eigenvalue weighted by Gasteiger charge is -2.21. The van der Waals surface area contributed by atoms with Crippen molar-refractivity contribution in [3.8, 4) is 11.1 Å². The van der Waals surface area contributed by atoms with Crippen LogP contribution >= 0.6 is 36.4 Å². The van der Waals surface area contributed by atoms with Gasteiger partial charge < -0.3 is 4.90 Å². The van der Waals surface area contributed by atoms with Crippen LogP contribution in [-0.4, -0.2) is 39.1 Å². The summed E-state index contributed by atoms with van der Waals surface area (Å²) in [4.78, 5) is 33.2. The molecule has 5 rings (SSSR count). The van der Waals surface area contributed by atoms with Gasteiger partial charge in [-0.1, -0.05) is 23.7 Å². The molecule has 0 spiro atoms. The SMILES string of the molecule is Cl.Cl.O=c1[nH]c(=O)n(CCCN2C[C@@H]3C[C@]3(c3ccc(C(F)(F)F)cc3)C2)cc1-c1ccc(Cl)nc1. The molecule has 0 radical (unpaired) electrons. The maximum absolute atomic E-state index is 12.9. The molecule has 194 valence electrons. The third-order valence-corrected chi connectivity index (χ3v) is 7.15. The Kier molecular flexibility index (Phi) is 8.30. The van der Waals surface area contributed by atoms with Crippen LogP contribution < -0.4 is 11.2 Å². The summed E-state index contributed by atoms with van der Waals surface area (Å²) < 4.78 is 40.1. The van der Waals surface area contributed by atoms with Crippen molar-refractivity contribution in [2.24, 2.45) is 5.92 Å². The van der Waals surface area contributed by atoms with Gasteiger partial charge in [0.1, 0.15) is 5.15 Å². The standard InChI is InChI=1S/C24H22ClF3N4O2.2ClH/c25-20-7-2-15(11-29-20)19-13-32(22(34)30-21(19)33)9-1-8-31-12-18-10-23(18,14-31)16-3-5-17(6-4-16)24(26,27)28;;/h2-7,11,13,18H,1,8-10,12,14H2,(H,30,33,34);2*1H/t18-,23+;;/m0../s1. The van der Waals surface area contributed by atoms with Crippen LogP contribution in [0, 0.1) is 5.92 Å². The molecule has 2 fully saturated rings. The number of likely N-dealkylation sites (tertiary alicyclic amines) is 1. The highest BCUT2D eigenvalue weighted by molar-refractivity contribution is 6.29. The summed E-state index contributed by atoms with van der Waals surface area (Å²) in [7, 11) is 0. The number of aromatic nitrogens is 3. The summed E-state index contributed by atoms with van der Waals surface area (Å²) in [6.45, 7) is 2.87. The van der Waals surface area contributed by atoms with E-state index in [0.717, 1.165) is 31.6 Å². The monoisotopic (exact) mass is 562 g/mol. The molecule has 3 aromatic rings. The Bertz CT molecular complexity index is 1330. The Hall–Kier alpha value is -2.33. The van der Waals surface area contributed by atoms with E-state index in [1.807, 2.05) is 0 Å². The largest absolute Gasteiger partial charge is 0.416 e. The van der Waals surface area contributed by atoms with Crippen molar-refractivity contribution in [2.45, 2.75) is 31.0 Å². The van der Waals surface area contributed by atoms with Gasteiger partial charge in [-0.2, -0.15) is 13.2 Å². The number of halogens is 6. The summed E-state index contributed by atoms with van der Waals surface area (Å²) in [6.07, 6.45) is 0.382. The van der Waals surface area contributed by atoms with Crippen LogP contribution in [0.25, 0.3) is 11.1 Å². The molecule has 0 unspecified atom stereocenters. The van der Waals surface area contributed by atoms with Crippen LogP contribution in [0.2, 0.25) is 5.15 Å². The van der Waals surface area contributed by atoms with E-state index < -0.39 is 23.0 Å². The maximum Gasteiger partial charge on any atom is 0.416 e. The van der Waals surface area contributed by atoms with E-state index in [9.17, 15) is 22.8 Å². The first-order chi connectivity index (χ1) is 16.2. The number of hydrogen-bond acceptors (Lipinski definition) is 4. The van der Waals surface area contributed by atoms with Gasteiger partial charge in [-0.25, -0.2) is 9.78 Å². The van der Waals surface area contributed by atoms with Crippen molar-refractivity contribution in [3.05, 3.63) is 85.9 Å². The zero-order valence-electron chi connectivity index (χ0n) is 18.9. The second-order valence-corrected chi connectivity index (χ2v) is 9.47. The minimum atomic E-state index is -4.33. The number of nitrogens with one attached hydrogen (secondary N) is 1. The number of aromatic amines is 1. The number of benzene rings is 1. The van der Waals surface area contributed by atoms with Crippen LogP contribution in [-0.2, 0) is 18.1 Å². The summed E-state index contributed by atoms with van der Waals surface area (Å²) in [5.41, 5.74) is 0.230. The van der Waals surface area contributed by atoms with Crippen molar-refractivity contribution in [2.75, 3.05) is 19.6 Å². The number of H-pyrrole nitrogens is 1. The number of aryl methyl sites for hydroxylation is 1. The molecule has 1 saturated carbocycles. The van der Waals surface area contributed by atoms with E-state index >= 15 is 0 Å². The highest BCUT2D eigenvalue weighted by atomic mass is 35.5. The van der Waals surface area contributed by atoms with Crippen molar-refractivity contribution >= 4 is 36.4 Å². The molecule has 3 heterocycles. The normalized spacial score (nSPS) is 20.8. The quantitative estimate of drug-likeness (QED) is 0.439. The van der Waals surface area contributed by atoms with Crippen LogP contribution in [0.3, 0.4) is 0 Å². The predicted molar refractivity (Wildman–Crippen MR) is 136 cm³/mol. The summed E-state index contributed by atoms with van der Waals surface area (Å²) >= 11 is 5.81. The van der Waals surface area contributed by atoms with Gasteiger partial charge in [-0.05, 0) is 55.1 Å². The van der Waals surface area contributed by atoms with E-state index in [4.69, 9.17) is 11.6 Å². The van der Waals surface area contributed by atoms with Gasteiger partial charge in [0.25, 0.3) is 5.56 Å². The Morgan fingerprint density at radius 3 is 2.44 bits per heavy atom. The maximum atomic E-state index is 12.9. The van der Waals surface area contributed by atoms with E-state index in [-0.39, 0.29) is 30.2 Å². The molecule has 2 aliphatic rings. The Morgan fingerprint density at radius 2 is 1.81 bits per heavy atom. The van der Waals surface area contributed by atoms with Crippen molar-refractivity contribution in [1.29, 1.82) is 0 Å². The predicted octanol–water partition coefficient (Wildman–Crippen LogP) is 4.78. The van der Waals surface area contributed by atoms with Crippen LogP contribution in [0.4, 0.5) is 13.2 Å². The van der Waals surface area contributed by atoms with Gasteiger partial charge in [-0.15, -0.1) is 24.8 Å². The van der Waals surface area contributed by atoms with Crippen molar-refractivity contribution < 1.29 is 13.2 Å². The number of nitrogens with zero attached hydrogens (tertiary/aromatic N) is 3. The first-order valence-corrected chi connectivity index (χ1v) is 11.4. The Morgan fingerprint density at radius 1 is 1.08 bits per heavy atom. The van der Waals surface area contributed by atoms with E-state index in [1.54, 1.807) is 24.3 Å². The second kappa shape index (κ2) is 10.6. The van der Waals surface area contributed by atoms with Crippen LogP contribution in [0.5, 0.6) is 0 Å². The average molecular weight is 564 g/mol. The molecule has 1 saturated heterocycles. The lowest BCUT2D eigenvalue weighted by atomic mass is 9.94. The number of pyridine rings is 1. The molecule has 1 N–H and O–H groups in total. The number of rotatable bonds is 6. The zero-order chi connectivity index (χ0) is 24.1. The molecule has 12 heteroatoms. The fraction of sp³-hybridized carbons (Fsp3) is 0.375. The van der Waals surface area contributed by atoms with E-state index in [2.05, 4.69) is 14.9 Å². The molecule has 1 aromatic carbocycles. The number of fused-ring (bicyclic) bond motifs is 1. The van der Waals surface area contributed by atoms with E-state index in [1.165, 1.54) is 29.1 Å². The van der Waals surface area contributed by atoms with Crippen LogP contribution in [0.15, 0.2) is 58.4 Å². The highest BCUT2D eigenvalue weighted by Crippen LogP contribution is 2.59. The Balaban J connectivity index is 0.00000180. The fourth-order valence-electron chi connectivity index (χ4n) is 5.08. The van der Waals surface area contributed by atoms with Gasteiger partial charge >= 0.3 is 11.9 Å². The molecule has 1 aliphatic carbocycles. The molecular weight excluding hydrogens is 540 g/mol. The first kappa shape index (κ1) is 28.2. The van der Waals surface area contributed by atoms with Gasteiger partial charge in [0.2, 0.25) is 0 Å². The lowest BCUT2D eigenvalue weighted by molar-refractivity contribution is -0.137. The van der Waals surface area contributed by atoms with Gasteiger partial charge in [0.15, 0.2) is 0 Å². The molecule has 0 bridgehead atoms. The van der Waals surface area contributed by atoms with Crippen molar-refractivity contribution in [3.63, 3.8) is 0 Å². The van der Waals surface area contributed by atoms with Gasteiger partial charge in [0.05, 0.1) is 11.1 Å². The topological polar surface area (TPSA) is 71.0 Å². The molecular formula is C24H24Cl3F3N4O2. The average Bonchev–Trinajstić information content (AvgIpc) is 3.37. The summed E-state index contributed by atoms with van der Waals surface area (Å²) in [5, 5.41) is 0.311. The minimum absolute atomic E-state index is 0. The third-order valence-electron chi connectivity index (χ3n) is 6.93. The molecule has 2 aromatic heterocycles. The fourth-order valence-corrected chi connectivity index (χ4v) is 5.19. The summed E-state index contributed by atoms with van der Waals surface area (Å²) in [6, 6.07) is 8.80. The molecule has 6 nitrogen and oxygen atoms in total. The highest BCUT2D eigenvalue weighted by Gasteiger charge is 2.60. The second-order valence-electron chi connectivity index (χ2n) is 9.09. The molecule has 2 atom stereocenters. The molecule has 0 amide bonds. The molecule has 1 aliphatic heterocycles. The first-order valence-electron chi connectivity index (χ1n) is 11.0. The zero-order valence-corrected chi connectivity index (χ0v) is 21.3. The number of hydrogen-bond donors (Lipinski definition) is 1. The van der Waals surface area contributed by atoms with Gasteiger partial charge in [-0.3, -0.25) is 14.3 Å². The van der Waals surface area contributed by atoms with Crippen molar-refractivity contribution in [1.82, 2.24) is 19.4 Å². The minimum Gasteiger partial charge on any atom is -0.302 e.